The maximum absolute atomic E-state index is 12.6. The van der Waals surface area contributed by atoms with E-state index in [1.165, 1.54) is 28.7 Å². The third kappa shape index (κ3) is 4.56. The summed E-state index contributed by atoms with van der Waals surface area (Å²) in [5.74, 6) is 0.589. The van der Waals surface area contributed by atoms with Crippen molar-refractivity contribution in [2.45, 2.75) is 24.0 Å². The van der Waals surface area contributed by atoms with Crippen molar-refractivity contribution >= 4 is 15.8 Å². The molecule has 0 bridgehead atoms. The number of nitrogens with zero attached hydrogens (tertiary/aromatic N) is 2. The Balaban J connectivity index is 1.67. The molecule has 1 aliphatic heterocycles. The number of pyridine rings is 1. The molecule has 1 fully saturated rings. The van der Waals surface area contributed by atoms with Gasteiger partial charge in [-0.2, -0.15) is 4.31 Å². The van der Waals surface area contributed by atoms with E-state index in [0.29, 0.717) is 37.7 Å². The first-order valence-corrected chi connectivity index (χ1v) is 10.1. The Kier molecular flexibility index (Phi) is 5.95. The third-order valence-electron chi connectivity index (χ3n) is 4.43. The second kappa shape index (κ2) is 8.22. The second-order valence-electron chi connectivity index (χ2n) is 6.36. The van der Waals surface area contributed by atoms with Crippen molar-refractivity contribution in [2.24, 2.45) is 0 Å². The van der Waals surface area contributed by atoms with E-state index in [1.54, 1.807) is 25.1 Å². The van der Waals surface area contributed by atoms with Crippen molar-refractivity contribution in [3.63, 3.8) is 0 Å². The highest BCUT2D eigenvalue weighted by Crippen LogP contribution is 2.23. The monoisotopic (exact) mass is 393 g/mol. The number of aliphatic hydroxyl groups is 1. The lowest BCUT2D eigenvalue weighted by molar-refractivity contribution is 0.0730. The van der Waals surface area contributed by atoms with E-state index in [1.807, 2.05) is 0 Å². The van der Waals surface area contributed by atoms with Crippen molar-refractivity contribution in [3.05, 3.63) is 48.2 Å². The Hall–Kier alpha value is -2.20. The number of phenolic OH excluding ortho intramolecular Hbond substituents is 1. The summed E-state index contributed by atoms with van der Waals surface area (Å²) in [7, 11) is -3.58. The van der Waals surface area contributed by atoms with Crippen LogP contribution in [0.4, 0.5) is 5.82 Å². The maximum atomic E-state index is 12.6. The molecule has 1 aliphatic rings. The molecule has 146 valence electrons. The number of anilines is 1. The summed E-state index contributed by atoms with van der Waals surface area (Å²) in [4.78, 5) is 4.30. The quantitative estimate of drug-likeness (QED) is 0.679. The number of hydrogen-bond donors (Lipinski definition) is 3. The van der Waals surface area contributed by atoms with Crippen LogP contribution in [-0.4, -0.2) is 60.3 Å². The molecular weight excluding hydrogens is 370 g/mol. The van der Waals surface area contributed by atoms with Crippen LogP contribution in [0.2, 0.25) is 0 Å². The number of hydrogen-bond acceptors (Lipinski definition) is 7. The van der Waals surface area contributed by atoms with Gasteiger partial charge in [0.15, 0.2) is 0 Å². The number of sulfonamides is 1. The van der Waals surface area contributed by atoms with Crippen LogP contribution in [0.5, 0.6) is 5.75 Å². The van der Waals surface area contributed by atoms with Crippen LogP contribution in [0.15, 0.2) is 47.5 Å². The predicted octanol–water partition coefficient (Wildman–Crippen LogP) is 1.34. The minimum atomic E-state index is -3.58. The van der Waals surface area contributed by atoms with Crippen molar-refractivity contribution in [3.8, 4) is 5.75 Å². The molecule has 2 heterocycles. The highest BCUT2D eigenvalue weighted by atomic mass is 32.2. The van der Waals surface area contributed by atoms with E-state index in [0.717, 1.165) is 0 Å². The number of benzene rings is 1. The first kappa shape index (κ1) is 19.6. The van der Waals surface area contributed by atoms with Crippen molar-refractivity contribution in [1.82, 2.24) is 9.29 Å². The number of ether oxygens (including phenoxy) is 1. The van der Waals surface area contributed by atoms with E-state index in [2.05, 4.69) is 10.3 Å². The van der Waals surface area contributed by atoms with Crippen LogP contribution < -0.4 is 5.32 Å². The minimum Gasteiger partial charge on any atom is -0.508 e. The molecule has 1 saturated heterocycles. The minimum absolute atomic E-state index is 0.127. The normalized spacial score (nSPS) is 18.0. The molecule has 2 atom stereocenters. The number of morpholine rings is 1. The van der Waals surface area contributed by atoms with Crippen LogP contribution in [-0.2, 0) is 14.8 Å². The lowest BCUT2D eigenvalue weighted by Crippen LogP contribution is -2.40. The highest BCUT2D eigenvalue weighted by Gasteiger charge is 2.26. The SMILES string of the molecule is C[C@@H](Nc1ccc(S(=O)(=O)N2CCOCC2)cn1)[C@H](O)c1ccc(O)cc1. The third-order valence-corrected chi connectivity index (χ3v) is 6.31. The van der Waals surface area contributed by atoms with Crippen molar-refractivity contribution < 1.29 is 23.4 Å². The van der Waals surface area contributed by atoms with Crippen LogP contribution in [0.25, 0.3) is 0 Å². The summed E-state index contributed by atoms with van der Waals surface area (Å²) >= 11 is 0. The summed E-state index contributed by atoms with van der Waals surface area (Å²) in [6, 6.07) is 9.01. The Morgan fingerprint density at radius 1 is 1.15 bits per heavy atom. The average Bonchev–Trinajstić information content (AvgIpc) is 2.69. The fraction of sp³-hybridized carbons (Fsp3) is 0.389. The topological polar surface area (TPSA) is 112 Å². The van der Waals surface area contributed by atoms with Crippen LogP contribution >= 0.6 is 0 Å². The number of nitrogens with one attached hydrogen (secondary N) is 1. The fourth-order valence-electron chi connectivity index (χ4n) is 2.83. The molecule has 8 nitrogen and oxygen atoms in total. The molecule has 0 radical (unpaired) electrons. The summed E-state index contributed by atoms with van der Waals surface area (Å²) in [6.07, 6.45) is 0.497. The van der Waals surface area contributed by atoms with Gasteiger partial charge in [-0.1, -0.05) is 12.1 Å². The Morgan fingerprint density at radius 3 is 2.41 bits per heavy atom. The average molecular weight is 393 g/mol. The maximum Gasteiger partial charge on any atom is 0.244 e. The largest absolute Gasteiger partial charge is 0.508 e. The van der Waals surface area contributed by atoms with Gasteiger partial charge in [-0.15, -0.1) is 0 Å². The lowest BCUT2D eigenvalue weighted by atomic mass is 10.0. The summed E-state index contributed by atoms with van der Waals surface area (Å²) < 4.78 is 31.8. The van der Waals surface area contributed by atoms with Crippen LogP contribution in [0.1, 0.15) is 18.6 Å². The second-order valence-corrected chi connectivity index (χ2v) is 8.30. The molecule has 1 aromatic carbocycles. The van der Waals surface area contributed by atoms with Crippen LogP contribution in [0, 0.1) is 0 Å². The van der Waals surface area contributed by atoms with Gasteiger partial charge in [0.05, 0.1) is 25.4 Å². The molecule has 0 unspecified atom stereocenters. The number of phenols is 1. The Morgan fingerprint density at radius 2 is 1.81 bits per heavy atom. The highest BCUT2D eigenvalue weighted by molar-refractivity contribution is 7.89. The molecule has 0 amide bonds. The van der Waals surface area contributed by atoms with E-state index < -0.39 is 16.1 Å². The number of rotatable bonds is 6. The fourth-order valence-corrected chi connectivity index (χ4v) is 4.18. The molecule has 2 aromatic rings. The van der Waals surface area contributed by atoms with Gasteiger partial charge in [-0.25, -0.2) is 13.4 Å². The summed E-state index contributed by atoms with van der Waals surface area (Å²) in [5.41, 5.74) is 0.652. The zero-order valence-electron chi connectivity index (χ0n) is 14.9. The van der Waals surface area contributed by atoms with Gasteiger partial charge in [-0.05, 0) is 36.8 Å². The Bertz CT molecular complexity index is 850. The zero-order valence-corrected chi connectivity index (χ0v) is 15.8. The predicted molar refractivity (Wildman–Crippen MR) is 100.0 cm³/mol. The standard InChI is InChI=1S/C18H23N3O5S/c1-13(18(23)14-2-4-15(22)5-3-14)20-17-7-6-16(12-19-17)27(24,25)21-8-10-26-11-9-21/h2-7,12-13,18,22-23H,8-11H2,1H3,(H,19,20)/t13-,18+/m1/s1. The van der Waals surface area contributed by atoms with Crippen LogP contribution in [0.3, 0.4) is 0 Å². The van der Waals surface area contributed by atoms with E-state index in [9.17, 15) is 18.6 Å². The van der Waals surface area contributed by atoms with E-state index in [4.69, 9.17) is 4.74 Å². The number of aliphatic hydroxyl groups excluding tert-OH is 1. The van der Waals surface area contributed by atoms with Gasteiger partial charge in [0.1, 0.15) is 16.5 Å². The van der Waals surface area contributed by atoms with Crippen molar-refractivity contribution in [2.75, 3.05) is 31.6 Å². The van der Waals surface area contributed by atoms with Gasteiger partial charge in [0, 0.05) is 19.3 Å². The zero-order chi connectivity index (χ0) is 19.4. The van der Waals surface area contributed by atoms with Gasteiger partial charge in [-0.3, -0.25) is 0 Å². The molecule has 0 saturated carbocycles. The lowest BCUT2D eigenvalue weighted by Gasteiger charge is -2.26. The molecule has 0 aliphatic carbocycles. The molecule has 0 spiro atoms. The smallest absolute Gasteiger partial charge is 0.244 e. The number of aromatic nitrogens is 1. The first-order valence-electron chi connectivity index (χ1n) is 8.65. The summed E-state index contributed by atoms with van der Waals surface area (Å²) in [6.45, 7) is 3.23. The summed E-state index contributed by atoms with van der Waals surface area (Å²) in [5, 5.41) is 22.8. The van der Waals surface area contributed by atoms with Gasteiger partial charge < -0.3 is 20.3 Å². The van der Waals surface area contributed by atoms with Gasteiger partial charge in [0.2, 0.25) is 10.0 Å². The van der Waals surface area contributed by atoms with Gasteiger partial charge in [0.25, 0.3) is 0 Å². The molecule has 3 N–H and O–H groups in total. The molecule has 3 rings (SSSR count). The molecule has 1 aromatic heterocycles. The van der Waals surface area contributed by atoms with Crippen molar-refractivity contribution in [1.29, 1.82) is 0 Å². The molecule has 27 heavy (non-hydrogen) atoms. The number of aromatic hydroxyl groups is 1. The first-order chi connectivity index (χ1) is 12.9. The van der Waals surface area contributed by atoms with E-state index in [-0.39, 0.29) is 16.7 Å². The van der Waals surface area contributed by atoms with Gasteiger partial charge >= 0.3 is 0 Å². The molecular formula is C18H23N3O5S. The van der Waals surface area contributed by atoms with E-state index >= 15 is 0 Å². The molecule has 9 heteroatoms. The Labute approximate surface area is 158 Å².